The second-order valence-corrected chi connectivity index (χ2v) is 9.90. The quantitative estimate of drug-likeness (QED) is 0.306. The number of benzene rings is 1. The standard InChI is InChI=1S/C27H34N6O6/c1-5-39-22-18(9-6-10-19(22)25(36)37)20(34)15-33-24(35)21-23(30(4)27(33)38)29-26(32(21)13-11-16(2)3)31-12-7-8-17(28)14-31/h6,9-11,17H,5,7-8,12-15,28H2,1-4H3,(H,36,37). The fraction of sp³-hybridized carbons (Fsp3) is 0.444. The Kier molecular flexibility index (Phi) is 8.05. The first-order valence-corrected chi connectivity index (χ1v) is 12.9. The predicted octanol–water partition coefficient (Wildman–Crippen LogP) is 1.77. The SMILES string of the molecule is CCOc1c(C(=O)O)cccc1C(=O)Cn1c(=O)c2c(nc(N3CCCC(N)C3)n2CC=C(C)C)n(C)c1=O. The van der Waals surface area contributed by atoms with E-state index in [1.54, 1.807) is 11.5 Å². The number of Topliss-reactive ketones (excluding diaryl/α,β-unsaturated/α-hetero) is 1. The third kappa shape index (κ3) is 5.37. The van der Waals surface area contributed by atoms with E-state index in [0.717, 1.165) is 23.0 Å². The molecule has 208 valence electrons. The fourth-order valence-electron chi connectivity index (χ4n) is 4.83. The zero-order valence-electron chi connectivity index (χ0n) is 22.6. The number of hydrogen-bond acceptors (Lipinski definition) is 8. The molecule has 12 heteroatoms. The number of carbonyl (C=O) groups is 2. The summed E-state index contributed by atoms with van der Waals surface area (Å²) in [7, 11) is 1.51. The lowest BCUT2D eigenvalue weighted by molar-refractivity contribution is 0.0692. The van der Waals surface area contributed by atoms with Crippen molar-refractivity contribution in [1.82, 2.24) is 18.7 Å². The summed E-state index contributed by atoms with van der Waals surface area (Å²) in [6.45, 7) is 6.73. The average molecular weight is 539 g/mol. The number of aromatic carboxylic acids is 1. The number of ether oxygens (including phenoxy) is 1. The van der Waals surface area contributed by atoms with Crippen molar-refractivity contribution in [2.45, 2.75) is 52.7 Å². The Bertz CT molecular complexity index is 1580. The van der Waals surface area contributed by atoms with E-state index in [1.165, 1.54) is 29.8 Å². The van der Waals surface area contributed by atoms with Crippen LogP contribution in [0, 0.1) is 0 Å². The number of anilines is 1. The number of carboxylic acids is 1. The van der Waals surface area contributed by atoms with Crippen LogP contribution < -0.4 is 26.6 Å². The highest BCUT2D eigenvalue weighted by atomic mass is 16.5. The van der Waals surface area contributed by atoms with Crippen molar-refractivity contribution in [2.24, 2.45) is 12.8 Å². The Labute approximate surface area is 224 Å². The molecule has 4 rings (SSSR count). The highest BCUT2D eigenvalue weighted by molar-refractivity contribution is 6.03. The average Bonchev–Trinajstić information content (AvgIpc) is 3.28. The Hall–Kier alpha value is -4.19. The Balaban J connectivity index is 1.88. The first kappa shape index (κ1) is 27.8. The number of carboxylic acid groups (broad SMARTS) is 1. The topological polar surface area (TPSA) is 155 Å². The van der Waals surface area contributed by atoms with Crippen LogP contribution in [0.15, 0.2) is 39.4 Å². The van der Waals surface area contributed by atoms with E-state index in [1.807, 2.05) is 24.8 Å². The number of aryl methyl sites for hydroxylation is 1. The van der Waals surface area contributed by atoms with Crippen LogP contribution in [0.2, 0.25) is 0 Å². The van der Waals surface area contributed by atoms with E-state index in [2.05, 4.69) is 0 Å². The third-order valence-electron chi connectivity index (χ3n) is 6.77. The molecule has 1 saturated heterocycles. The Morgan fingerprint density at radius 1 is 1.21 bits per heavy atom. The van der Waals surface area contributed by atoms with Crippen molar-refractivity contribution in [3.63, 3.8) is 0 Å². The van der Waals surface area contributed by atoms with E-state index >= 15 is 0 Å². The Morgan fingerprint density at radius 2 is 1.92 bits per heavy atom. The second kappa shape index (κ2) is 11.3. The molecule has 2 aromatic heterocycles. The number of imidazole rings is 1. The lowest BCUT2D eigenvalue weighted by atomic mass is 10.0. The molecule has 3 N–H and O–H groups in total. The molecule has 0 spiro atoms. The van der Waals surface area contributed by atoms with Gasteiger partial charge >= 0.3 is 11.7 Å². The monoisotopic (exact) mass is 538 g/mol. The lowest BCUT2D eigenvalue weighted by Crippen LogP contribution is -2.44. The number of hydrogen-bond donors (Lipinski definition) is 2. The molecular formula is C27H34N6O6. The first-order valence-electron chi connectivity index (χ1n) is 12.9. The van der Waals surface area contributed by atoms with Crippen molar-refractivity contribution in [3.8, 4) is 5.75 Å². The van der Waals surface area contributed by atoms with Crippen molar-refractivity contribution < 1.29 is 19.4 Å². The van der Waals surface area contributed by atoms with Crippen molar-refractivity contribution in [1.29, 1.82) is 0 Å². The molecule has 39 heavy (non-hydrogen) atoms. The number of nitrogens with two attached hydrogens (primary N) is 1. The van der Waals surface area contributed by atoms with Crippen LogP contribution in [0.5, 0.6) is 5.75 Å². The van der Waals surface area contributed by atoms with E-state index in [-0.39, 0.29) is 40.7 Å². The number of aromatic nitrogens is 4. The van der Waals surface area contributed by atoms with Gasteiger partial charge in [-0.1, -0.05) is 17.7 Å². The lowest BCUT2D eigenvalue weighted by Gasteiger charge is -2.31. The van der Waals surface area contributed by atoms with Gasteiger partial charge in [-0.3, -0.25) is 18.7 Å². The number of allylic oxidation sites excluding steroid dienone is 2. The summed E-state index contributed by atoms with van der Waals surface area (Å²) in [6, 6.07) is 4.14. The van der Waals surface area contributed by atoms with E-state index in [0.29, 0.717) is 25.6 Å². The number of carbonyl (C=O) groups excluding carboxylic acids is 1. The van der Waals surface area contributed by atoms with Gasteiger partial charge in [0.2, 0.25) is 5.95 Å². The van der Waals surface area contributed by atoms with E-state index < -0.39 is 29.5 Å². The minimum Gasteiger partial charge on any atom is -0.492 e. The van der Waals surface area contributed by atoms with Crippen LogP contribution >= 0.6 is 0 Å². The number of rotatable bonds is 9. The molecule has 1 aromatic carbocycles. The number of ketones is 1. The zero-order chi connectivity index (χ0) is 28.4. The minimum absolute atomic E-state index is 0.0214. The van der Waals surface area contributed by atoms with E-state index in [4.69, 9.17) is 15.5 Å². The molecule has 1 fully saturated rings. The summed E-state index contributed by atoms with van der Waals surface area (Å²) in [5.41, 5.74) is 6.10. The third-order valence-corrected chi connectivity index (χ3v) is 6.77. The molecule has 0 radical (unpaired) electrons. The van der Waals surface area contributed by atoms with Gasteiger partial charge in [0, 0.05) is 32.7 Å². The summed E-state index contributed by atoms with van der Waals surface area (Å²) in [5, 5.41) is 9.55. The van der Waals surface area contributed by atoms with Gasteiger partial charge in [0.25, 0.3) is 5.56 Å². The van der Waals surface area contributed by atoms with Gasteiger partial charge in [-0.25, -0.2) is 9.59 Å². The van der Waals surface area contributed by atoms with Crippen LogP contribution in [0.25, 0.3) is 11.2 Å². The predicted molar refractivity (Wildman–Crippen MR) is 147 cm³/mol. The molecule has 1 aliphatic heterocycles. The minimum atomic E-state index is -1.25. The van der Waals surface area contributed by atoms with Crippen LogP contribution in [0.1, 0.15) is 54.3 Å². The first-order chi connectivity index (χ1) is 18.5. The molecule has 0 saturated carbocycles. The number of piperidine rings is 1. The van der Waals surface area contributed by atoms with Crippen LogP contribution in [-0.4, -0.2) is 61.3 Å². The van der Waals surface area contributed by atoms with Crippen LogP contribution in [0.3, 0.4) is 0 Å². The molecule has 0 aliphatic carbocycles. The normalized spacial score (nSPS) is 15.4. The van der Waals surface area contributed by atoms with Crippen molar-refractivity contribution in [2.75, 3.05) is 24.6 Å². The van der Waals surface area contributed by atoms with Gasteiger partial charge in [0.15, 0.2) is 16.9 Å². The maximum atomic E-state index is 13.8. The molecule has 0 amide bonds. The van der Waals surface area contributed by atoms with Gasteiger partial charge in [-0.05, 0) is 45.7 Å². The number of fused-ring (bicyclic) bond motifs is 1. The molecule has 3 aromatic rings. The zero-order valence-corrected chi connectivity index (χ0v) is 22.6. The van der Waals surface area contributed by atoms with Gasteiger partial charge < -0.3 is 25.0 Å². The molecule has 12 nitrogen and oxygen atoms in total. The largest absolute Gasteiger partial charge is 0.492 e. The molecule has 1 aliphatic rings. The van der Waals surface area contributed by atoms with Gasteiger partial charge in [-0.15, -0.1) is 0 Å². The van der Waals surface area contributed by atoms with Crippen molar-refractivity contribution >= 4 is 28.9 Å². The number of para-hydroxylation sites is 1. The van der Waals surface area contributed by atoms with Crippen LogP contribution in [0.4, 0.5) is 5.95 Å². The van der Waals surface area contributed by atoms with Gasteiger partial charge in [0.05, 0.1) is 18.7 Å². The van der Waals surface area contributed by atoms with Crippen molar-refractivity contribution in [3.05, 3.63) is 61.8 Å². The van der Waals surface area contributed by atoms with Crippen LogP contribution in [-0.2, 0) is 20.1 Å². The molecule has 1 unspecified atom stereocenters. The summed E-state index contributed by atoms with van der Waals surface area (Å²) in [6.07, 6.45) is 3.73. The highest BCUT2D eigenvalue weighted by Gasteiger charge is 2.27. The number of nitrogens with zero attached hydrogens (tertiary/aromatic N) is 5. The maximum Gasteiger partial charge on any atom is 0.339 e. The molecular weight excluding hydrogens is 504 g/mol. The molecule has 1 atom stereocenters. The summed E-state index contributed by atoms with van der Waals surface area (Å²) in [5.74, 6) is -1.43. The van der Waals surface area contributed by atoms with E-state index in [9.17, 15) is 24.3 Å². The van der Waals surface area contributed by atoms with Gasteiger partial charge in [-0.2, -0.15) is 4.98 Å². The smallest absolute Gasteiger partial charge is 0.339 e. The maximum absolute atomic E-state index is 13.8. The Morgan fingerprint density at radius 3 is 2.56 bits per heavy atom. The molecule has 0 bridgehead atoms. The van der Waals surface area contributed by atoms with Gasteiger partial charge in [0.1, 0.15) is 11.3 Å². The summed E-state index contributed by atoms with van der Waals surface area (Å²) >= 11 is 0. The highest BCUT2D eigenvalue weighted by Crippen LogP contribution is 2.26. The molecule has 3 heterocycles. The second-order valence-electron chi connectivity index (χ2n) is 9.90. The summed E-state index contributed by atoms with van der Waals surface area (Å²) in [4.78, 5) is 59.0. The summed E-state index contributed by atoms with van der Waals surface area (Å²) < 4.78 is 9.37. The fourth-order valence-corrected chi connectivity index (χ4v) is 4.83.